The van der Waals surface area contributed by atoms with Gasteiger partial charge in [-0.2, -0.15) is 0 Å². The van der Waals surface area contributed by atoms with E-state index < -0.39 is 5.82 Å². The summed E-state index contributed by atoms with van der Waals surface area (Å²) in [6, 6.07) is 3.19. The highest BCUT2D eigenvalue weighted by Crippen LogP contribution is 2.24. The maximum Gasteiger partial charge on any atom is 0.293 e. The van der Waals surface area contributed by atoms with Crippen molar-refractivity contribution >= 4 is 11.0 Å². The second-order valence-corrected chi connectivity index (χ2v) is 6.02. The van der Waals surface area contributed by atoms with Crippen LogP contribution in [-0.2, 0) is 7.05 Å². The predicted molar refractivity (Wildman–Crippen MR) is 82.4 cm³/mol. The zero-order chi connectivity index (χ0) is 15.7. The van der Waals surface area contributed by atoms with Crippen molar-refractivity contribution in [1.82, 2.24) is 9.55 Å². The molecule has 1 aliphatic carbocycles. The number of aryl methyl sites for hydroxylation is 1. The third-order valence-electron chi connectivity index (χ3n) is 4.37. The number of aromatic nitrogens is 2. The molecule has 0 amide bonds. The molecule has 0 spiro atoms. The largest absolute Gasteiger partial charge is 0.488 e. The number of nitrogens with two attached hydrogens (primary N) is 1. The van der Waals surface area contributed by atoms with Crippen LogP contribution in [0.5, 0.6) is 5.75 Å². The zero-order valence-corrected chi connectivity index (χ0v) is 12.6. The Bertz CT molecular complexity index is 736. The molecule has 0 bridgehead atoms. The molecule has 1 aliphatic rings. The molecule has 0 radical (unpaired) electrons. The second kappa shape index (κ2) is 6.04. The Morgan fingerprint density at radius 1 is 1.36 bits per heavy atom. The Kier molecular flexibility index (Phi) is 4.11. The Morgan fingerprint density at radius 3 is 2.82 bits per heavy atom. The first-order valence-electron chi connectivity index (χ1n) is 7.58. The number of hydrogen-bond donors (Lipinski definition) is 1. The van der Waals surface area contributed by atoms with Gasteiger partial charge in [-0.15, -0.1) is 0 Å². The average molecular weight is 305 g/mol. The number of nitrogens with zero attached hydrogens (tertiary/aromatic N) is 2. The van der Waals surface area contributed by atoms with Crippen LogP contribution in [0.4, 0.5) is 4.39 Å². The molecule has 3 rings (SSSR count). The van der Waals surface area contributed by atoms with Gasteiger partial charge in [-0.05, 0) is 31.6 Å². The average Bonchev–Trinajstić information content (AvgIpc) is 2.52. The first-order valence-corrected chi connectivity index (χ1v) is 7.58. The van der Waals surface area contributed by atoms with E-state index in [9.17, 15) is 9.18 Å². The van der Waals surface area contributed by atoms with E-state index in [2.05, 4.69) is 4.98 Å². The molecule has 2 aromatic rings. The van der Waals surface area contributed by atoms with Crippen molar-refractivity contribution in [3.63, 3.8) is 0 Å². The highest BCUT2D eigenvalue weighted by atomic mass is 19.1. The number of hydrogen-bond acceptors (Lipinski definition) is 4. The Hall–Kier alpha value is -1.95. The minimum Gasteiger partial charge on any atom is -0.488 e. The van der Waals surface area contributed by atoms with Crippen LogP contribution < -0.4 is 16.0 Å². The van der Waals surface area contributed by atoms with E-state index in [1.54, 1.807) is 13.1 Å². The van der Waals surface area contributed by atoms with Crippen molar-refractivity contribution in [2.45, 2.75) is 31.7 Å². The van der Waals surface area contributed by atoms with Crippen LogP contribution in [-0.4, -0.2) is 22.2 Å². The molecule has 0 aliphatic heterocycles. The number of rotatable bonds is 3. The van der Waals surface area contributed by atoms with Crippen molar-refractivity contribution in [1.29, 1.82) is 0 Å². The lowest BCUT2D eigenvalue weighted by molar-refractivity contribution is 0.198. The standard InChI is InChI=1S/C16H20FN3O2/c1-20-14-6-11(17)8-19-13(14)7-15(16(20)21)22-9-10-2-4-12(18)5-3-10/h6-8,10,12H,2-5,9,18H2,1H3. The van der Waals surface area contributed by atoms with E-state index in [1.807, 2.05) is 0 Å². The Balaban J connectivity index is 1.80. The lowest BCUT2D eigenvalue weighted by Crippen LogP contribution is -2.29. The third-order valence-corrected chi connectivity index (χ3v) is 4.37. The minimum absolute atomic E-state index is 0.268. The molecule has 1 saturated carbocycles. The quantitative estimate of drug-likeness (QED) is 0.941. The van der Waals surface area contributed by atoms with Crippen LogP contribution >= 0.6 is 0 Å². The molecule has 22 heavy (non-hydrogen) atoms. The summed E-state index contributed by atoms with van der Waals surface area (Å²) in [5.74, 6) is 0.236. The topological polar surface area (TPSA) is 70.1 Å². The van der Waals surface area contributed by atoms with Crippen LogP contribution in [0.1, 0.15) is 25.7 Å². The van der Waals surface area contributed by atoms with Crippen LogP contribution in [0.3, 0.4) is 0 Å². The first-order chi connectivity index (χ1) is 10.5. The van der Waals surface area contributed by atoms with Crippen LogP contribution in [0.2, 0.25) is 0 Å². The van der Waals surface area contributed by atoms with E-state index in [0.717, 1.165) is 31.9 Å². The fraction of sp³-hybridized carbons (Fsp3) is 0.500. The second-order valence-electron chi connectivity index (χ2n) is 6.02. The number of ether oxygens (including phenoxy) is 1. The summed E-state index contributed by atoms with van der Waals surface area (Å²) in [6.07, 6.45) is 5.20. The maximum absolute atomic E-state index is 13.3. The molecule has 5 nitrogen and oxygen atoms in total. The monoisotopic (exact) mass is 305 g/mol. The highest BCUT2D eigenvalue weighted by Gasteiger charge is 2.20. The number of fused-ring (bicyclic) bond motifs is 1. The van der Waals surface area contributed by atoms with Crippen LogP contribution in [0, 0.1) is 11.7 Å². The lowest BCUT2D eigenvalue weighted by atomic mass is 9.87. The summed E-state index contributed by atoms with van der Waals surface area (Å²) < 4.78 is 20.3. The zero-order valence-electron chi connectivity index (χ0n) is 12.6. The van der Waals surface area contributed by atoms with Gasteiger partial charge in [0.25, 0.3) is 5.56 Å². The summed E-state index contributed by atoms with van der Waals surface area (Å²) in [7, 11) is 1.60. The van der Waals surface area contributed by atoms with Gasteiger partial charge in [-0.3, -0.25) is 9.78 Å². The van der Waals surface area contributed by atoms with E-state index in [4.69, 9.17) is 10.5 Å². The molecule has 2 aromatic heterocycles. The molecule has 6 heteroatoms. The van der Waals surface area contributed by atoms with Gasteiger partial charge in [0.15, 0.2) is 5.75 Å². The van der Waals surface area contributed by atoms with Crippen LogP contribution in [0.25, 0.3) is 11.0 Å². The van der Waals surface area contributed by atoms with E-state index in [-0.39, 0.29) is 11.3 Å². The van der Waals surface area contributed by atoms with Crippen molar-refractivity contribution < 1.29 is 9.13 Å². The molecule has 0 saturated heterocycles. The fourth-order valence-electron chi connectivity index (χ4n) is 2.95. The van der Waals surface area contributed by atoms with Gasteiger partial charge in [0, 0.05) is 25.2 Å². The summed E-state index contributed by atoms with van der Waals surface area (Å²) in [6.45, 7) is 0.509. The van der Waals surface area contributed by atoms with E-state index in [1.165, 1.54) is 10.6 Å². The van der Waals surface area contributed by atoms with Crippen molar-refractivity contribution in [2.24, 2.45) is 18.7 Å². The minimum atomic E-state index is -0.463. The van der Waals surface area contributed by atoms with E-state index >= 15 is 0 Å². The van der Waals surface area contributed by atoms with Gasteiger partial charge in [0.2, 0.25) is 0 Å². The van der Waals surface area contributed by atoms with E-state index in [0.29, 0.717) is 29.6 Å². The molecular weight excluding hydrogens is 285 g/mol. The maximum atomic E-state index is 13.3. The normalized spacial score (nSPS) is 22.0. The van der Waals surface area contributed by atoms with Crippen LogP contribution in [0.15, 0.2) is 23.1 Å². The predicted octanol–water partition coefficient (Wildman–Crippen LogP) is 1.97. The molecule has 1 fully saturated rings. The summed E-state index contributed by atoms with van der Waals surface area (Å²) in [5.41, 5.74) is 6.62. The molecule has 2 N–H and O–H groups in total. The summed E-state index contributed by atoms with van der Waals surface area (Å²) in [5, 5.41) is 0. The Labute approximate surface area is 127 Å². The molecule has 2 heterocycles. The van der Waals surface area contributed by atoms with Gasteiger partial charge in [0.1, 0.15) is 5.82 Å². The molecule has 0 atom stereocenters. The van der Waals surface area contributed by atoms with Gasteiger partial charge in [-0.1, -0.05) is 0 Å². The molecular formula is C16H20FN3O2. The fourth-order valence-corrected chi connectivity index (χ4v) is 2.95. The molecule has 0 aromatic carbocycles. The number of pyridine rings is 2. The molecule has 118 valence electrons. The summed E-state index contributed by atoms with van der Waals surface area (Å²) in [4.78, 5) is 16.3. The van der Waals surface area contributed by atoms with Gasteiger partial charge < -0.3 is 15.0 Å². The summed E-state index contributed by atoms with van der Waals surface area (Å²) >= 11 is 0. The Morgan fingerprint density at radius 2 is 2.09 bits per heavy atom. The SMILES string of the molecule is Cn1c(=O)c(OCC2CCC(N)CC2)cc2ncc(F)cc21. The van der Waals surface area contributed by atoms with Crippen molar-refractivity contribution in [3.05, 3.63) is 34.5 Å². The van der Waals surface area contributed by atoms with Crippen molar-refractivity contribution in [3.8, 4) is 5.75 Å². The smallest absolute Gasteiger partial charge is 0.293 e. The highest BCUT2D eigenvalue weighted by molar-refractivity contribution is 5.75. The van der Waals surface area contributed by atoms with Gasteiger partial charge in [0.05, 0.1) is 23.8 Å². The lowest BCUT2D eigenvalue weighted by Gasteiger charge is -2.25. The van der Waals surface area contributed by atoms with Gasteiger partial charge >= 0.3 is 0 Å². The number of halogens is 1. The third kappa shape index (κ3) is 2.97. The molecule has 0 unspecified atom stereocenters. The first kappa shape index (κ1) is 15.0. The van der Waals surface area contributed by atoms with Gasteiger partial charge in [-0.25, -0.2) is 4.39 Å². The van der Waals surface area contributed by atoms with Crippen molar-refractivity contribution in [2.75, 3.05) is 6.61 Å².